The summed E-state index contributed by atoms with van der Waals surface area (Å²) in [6.07, 6.45) is 2.16. The van der Waals surface area contributed by atoms with Gasteiger partial charge in [0.25, 0.3) is 0 Å². The molecule has 4 rings (SSSR count). The zero-order chi connectivity index (χ0) is 23.4. The minimum absolute atomic E-state index is 0.0274. The fraction of sp³-hybridized carbons (Fsp3) is 0.444. The Morgan fingerprint density at radius 3 is 2.33 bits per heavy atom. The Kier molecular flexibility index (Phi) is 6.82. The zero-order valence-electron chi connectivity index (χ0n) is 19.5. The number of carbonyl (C=O) groups excluding carboxylic acids is 3. The van der Waals surface area contributed by atoms with Crippen molar-refractivity contribution >= 4 is 17.7 Å². The van der Waals surface area contributed by atoms with Gasteiger partial charge in [-0.1, -0.05) is 54.6 Å². The summed E-state index contributed by atoms with van der Waals surface area (Å²) in [5.41, 5.74) is 2.88. The van der Waals surface area contributed by atoms with E-state index in [-0.39, 0.29) is 30.1 Å². The van der Waals surface area contributed by atoms with Crippen LogP contribution in [0.5, 0.6) is 0 Å². The van der Waals surface area contributed by atoms with E-state index in [0.717, 1.165) is 16.7 Å². The molecule has 2 aromatic rings. The molecule has 33 heavy (non-hydrogen) atoms. The second kappa shape index (κ2) is 9.77. The van der Waals surface area contributed by atoms with E-state index in [1.807, 2.05) is 42.2 Å². The Morgan fingerprint density at radius 1 is 1.03 bits per heavy atom. The van der Waals surface area contributed by atoms with Crippen molar-refractivity contribution in [2.45, 2.75) is 32.6 Å². The molecule has 0 bridgehead atoms. The zero-order valence-corrected chi connectivity index (χ0v) is 19.5. The van der Waals surface area contributed by atoms with Crippen molar-refractivity contribution in [3.05, 3.63) is 60.2 Å². The third kappa shape index (κ3) is 4.80. The summed E-state index contributed by atoms with van der Waals surface area (Å²) in [5.74, 6) is -0.129. The maximum Gasteiger partial charge on any atom is 0.227 e. The van der Waals surface area contributed by atoms with E-state index in [4.69, 9.17) is 0 Å². The third-order valence-corrected chi connectivity index (χ3v) is 7.17. The van der Waals surface area contributed by atoms with Crippen LogP contribution in [-0.2, 0) is 20.8 Å². The average molecular weight is 448 g/mol. The van der Waals surface area contributed by atoms with Gasteiger partial charge in [0.15, 0.2) is 0 Å². The lowest BCUT2D eigenvalue weighted by molar-refractivity contribution is -0.143. The van der Waals surface area contributed by atoms with Crippen LogP contribution in [0, 0.1) is 11.3 Å². The van der Waals surface area contributed by atoms with Gasteiger partial charge in [-0.05, 0) is 42.9 Å². The number of amides is 3. The second-order valence-electron chi connectivity index (χ2n) is 9.34. The van der Waals surface area contributed by atoms with Gasteiger partial charge in [0.2, 0.25) is 17.7 Å². The Bertz CT molecular complexity index is 1010. The van der Waals surface area contributed by atoms with Gasteiger partial charge in [-0.3, -0.25) is 14.4 Å². The number of nitrogens with zero attached hydrogens (tertiary/aromatic N) is 2. The van der Waals surface area contributed by atoms with Crippen molar-refractivity contribution in [3.8, 4) is 11.1 Å². The maximum atomic E-state index is 13.3. The van der Waals surface area contributed by atoms with Gasteiger partial charge in [0, 0.05) is 39.6 Å². The highest BCUT2D eigenvalue weighted by Crippen LogP contribution is 2.39. The van der Waals surface area contributed by atoms with Crippen LogP contribution < -0.4 is 5.32 Å². The molecular formula is C27H33N3O3. The Balaban J connectivity index is 1.54. The first kappa shape index (κ1) is 23.0. The van der Waals surface area contributed by atoms with Crippen LogP contribution in [0.15, 0.2) is 54.6 Å². The molecule has 2 saturated heterocycles. The van der Waals surface area contributed by atoms with Gasteiger partial charge < -0.3 is 15.1 Å². The van der Waals surface area contributed by atoms with E-state index >= 15 is 0 Å². The molecule has 6 nitrogen and oxygen atoms in total. The predicted molar refractivity (Wildman–Crippen MR) is 128 cm³/mol. The van der Waals surface area contributed by atoms with Crippen LogP contribution in [-0.4, -0.2) is 60.7 Å². The van der Waals surface area contributed by atoms with E-state index < -0.39 is 5.41 Å². The molecule has 0 radical (unpaired) electrons. The molecule has 2 fully saturated rings. The highest BCUT2D eigenvalue weighted by molar-refractivity contribution is 5.89. The van der Waals surface area contributed by atoms with E-state index in [1.165, 1.54) is 0 Å². The van der Waals surface area contributed by atoms with Gasteiger partial charge in [-0.25, -0.2) is 0 Å². The lowest BCUT2D eigenvalue weighted by Crippen LogP contribution is -2.52. The third-order valence-electron chi connectivity index (χ3n) is 7.17. The van der Waals surface area contributed by atoms with Crippen molar-refractivity contribution in [1.29, 1.82) is 0 Å². The molecule has 2 aliphatic heterocycles. The van der Waals surface area contributed by atoms with Crippen molar-refractivity contribution in [1.82, 2.24) is 15.1 Å². The van der Waals surface area contributed by atoms with Gasteiger partial charge in [-0.2, -0.15) is 0 Å². The summed E-state index contributed by atoms with van der Waals surface area (Å²) >= 11 is 0. The van der Waals surface area contributed by atoms with E-state index in [0.29, 0.717) is 45.4 Å². The fourth-order valence-corrected chi connectivity index (χ4v) is 5.21. The first-order valence-electron chi connectivity index (χ1n) is 11.9. The normalized spacial score (nSPS) is 20.1. The van der Waals surface area contributed by atoms with E-state index in [9.17, 15) is 14.4 Å². The Hall–Kier alpha value is -3.15. The number of benzene rings is 2. The average Bonchev–Trinajstić information content (AvgIpc) is 3.18. The SMILES string of the molecule is CCNC(=O)C1(Cc2ccccc2-c2ccccc2)CCN(C(=O)[C@H]2CC(=O)N(C)C2)CC1. The number of rotatable bonds is 6. The molecule has 0 aromatic heterocycles. The highest BCUT2D eigenvalue weighted by atomic mass is 16.2. The van der Waals surface area contributed by atoms with Crippen LogP contribution in [0.4, 0.5) is 0 Å². The molecule has 2 aromatic carbocycles. The number of hydrogen-bond donors (Lipinski definition) is 1. The quantitative estimate of drug-likeness (QED) is 0.740. The smallest absolute Gasteiger partial charge is 0.227 e. The molecule has 174 valence electrons. The molecule has 1 N–H and O–H groups in total. The molecular weight excluding hydrogens is 414 g/mol. The summed E-state index contributed by atoms with van der Waals surface area (Å²) in [6, 6.07) is 18.5. The fourth-order valence-electron chi connectivity index (χ4n) is 5.21. The first-order valence-corrected chi connectivity index (χ1v) is 11.9. The van der Waals surface area contributed by atoms with Gasteiger partial charge in [-0.15, -0.1) is 0 Å². The minimum Gasteiger partial charge on any atom is -0.356 e. The summed E-state index contributed by atoms with van der Waals surface area (Å²) in [5, 5.41) is 3.05. The maximum absolute atomic E-state index is 13.3. The van der Waals surface area contributed by atoms with Crippen LogP contribution in [0.3, 0.4) is 0 Å². The molecule has 0 spiro atoms. The lowest BCUT2D eigenvalue weighted by Gasteiger charge is -2.41. The minimum atomic E-state index is -0.556. The van der Waals surface area contributed by atoms with Crippen molar-refractivity contribution < 1.29 is 14.4 Å². The van der Waals surface area contributed by atoms with Crippen LogP contribution in [0.1, 0.15) is 31.7 Å². The number of hydrogen-bond acceptors (Lipinski definition) is 3. The van der Waals surface area contributed by atoms with Crippen molar-refractivity contribution in [3.63, 3.8) is 0 Å². The largest absolute Gasteiger partial charge is 0.356 e. The standard InChI is InChI=1S/C27H33N3O3/c1-3-28-26(33)27(18-21-11-7-8-12-23(21)20-9-5-4-6-10-20)13-15-30(16-14-27)25(32)22-17-24(31)29(2)19-22/h4-12,22H,3,13-19H2,1-2H3,(H,28,33)/t22-/m0/s1. The van der Waals surface area contributed by atoms with Gasteiger partial charge >= 0.3 is 0 Å². The molecule has 1 atom stereocenters. The molecule has 3 amide bonds. The lowest BCUT2D eigenvalue weighted by atomic mass is 9.71. The predicted octanol–water partition coefficient (Wildman–Crippen LogP) is 3.12. The number of piperidine rings is 1. The van der Waals surface area contributed by atoms with Crippen LogP contribution >= 0.6 is 0 Å². The van der Waals surface area contributed by atoms with Crippen LogP contribution in [0.2, 0.25) is 0 Å². The van der Waals surface area contributed by atoms with Crippen molar-refractivity contribution in [2.75, 3.05) is 33.2 Å². The Morgan fingerprint density at radius 2 is 1.70 bits per heavy atom. The van der Waals surface area contributed by atoms with Gasteiger partial charge in [0.05, 0.1) is 11.3 Å². The van der Waals surface area contributed by atoms with Gasteiger partial charge in [0.1, 0.15) is 0 Å². The summed E-state index contributed by atoms with van der Waals surface area (Å²) in [7, 11) is 1.75. The monoisotopic (exact) mass is 447 g/mol. The highest BCUT2D eigenvalue weighted by Gasteiger charge is 2.44. The molecule has 2 heterocycles. The topological polar surface area (TPSA) is 69.7 Å². The van der Waals surface area contributed by atoms with Crippen molar-refractivity contribution in [2.24, 2.45) is 11.3 Å². The second-order valence-corrected chi connectivity index (χ2v) is 9.34. The van der Waals surface area contributed by atoms with Crippen LogP contribution in [0.25, 0.3) is 11.1 Å². The number of likely N-dealkylation sites (tertiary alicyclic amines) is 2. The summed E-state index contributed by atoms with van der Waals surface area (Å²) in [4.78, 5) is 41.7. The molecule has 2 aliphatic rings. The summed E-state index contributed by atoms with van der Waals surface area (Å²) in [6.45, 7) is 4.09. The van der Waals surface area contributed by atoms with E-state index in [2.05, 4.69) is 29.6 Å². The molecule has 0 aliphatic carbocycles. The Labute approximate surface area is 196 Å². The summed E-state index contributed by atoms with van der Waals surface area (Å²) < 4.78 is 0. The first-order chi connectivity index (χ1) is 15.9. The molecule has 0 unspecified atom stereocenters. The van der Waals surface area contributed by atoms with E-state index in [1.54, 1.807) is 11.9 Å². The molecule has 6 heteroatoms. The molecule has 0 saturated carbocycles. The number of nitrogens with one attached hydrogen (secondary N) is 1. The number of carbonyl (C=O) groups is 3.